The molecule has 0 saturated heterocycles. The van der Waals surface area contributed by atoms with Crippen molar-refractivity contribution in [3.05, 3.63) is 64.7 Å². The number of methoxy groups -OCH3 is 1. The van der Waals surface area contributed by atoms with E-state index in [4.69, 9.17) is 16.3 Å². The van der Waals surface area contributed by atoms with Crippen molar-refractivity contribution in [3.63, 3.8) is 0 Å². The standard InChI is InChI=1S/C20H18ClN3O3S/c1-27-12-15-8-7-14(9-16(15)22-18(26)11-21)17(25)10-19-23-24-20(28-19)13-5-3-2-4-6-13/h2-9H,10-12H2,1H3,(H,22,26). The Bertz CT molecular complexity index is 976. The molecule has 0 unspecified atom stereocenters. The van der Waals surface area contributed by atoms with Crippen molar-refractivity contribution in [3.8, 4) is 10.6 Å². The number of alkyl halides is 1. The first-order valence-corrected chi connectivity index (χ1v) is 9.84. The molecule has 0 aliphatic rings. The maximum Gasteiger partial charge on any atom is 0.239 e. The Hall–Kier alpha value is -2.61. The molecule has 1 heterocycles. The van der Waals surface area contributed by atoms with E-state index in [1.165, 1.54) is 11.3 Å². The normalized spacial score (nSPS) is 10.6. The predicted octanol–water partition coefficient (Wildman–Crippen LogP) is 3.95. The highest BCUT2D eigenvalue weighted by Gasteiger charge is 2.15. The number of benzene rings is 2. The Kier molecular flexibility index (Phi) is 6.86. The van der Waals surface area contributed by atoms with E-state index in [0.717, 1.165) is 16.1 Å². The van der Waals surface area contributed by atoms with Crippen LogP contribution in [-0.4, -0.2) is 34.9 Å². The van der Waals surface area contributed by atoms with Gasteiger partial charge in [0.05, 0.1) is 13.0 Å². The molecular weight excluding hydrogens is 398 g/mol. The van der Waals surface area contributed by atoms with Crippen LogP contribution in [-0.2, 0) is 22.6 Å². The first kappa shape index (κ1) is 20.1. The van der Waals surface area contributed by atoms with Gasteiger partial charge in [0.15, 0.2) is 5.78 Å². The van der Waals surface area contributed by atoms with Crippen LogP contribution in [0.4, 0.5) is 5.69 Å². The molecule has 2 aromatic carbocycles. The quantitative estimate of drug-likeness (QED) is 0.445. The fourth-order valence-electron chi connectivity index (χ4n) is 2.59. The molecule has 0 radical (unpaired) electrons. The fourth-order valence-corrected chi connectivity index (χ4v) is 3.50. The molecule has 1 N–H and O–H groups in total. The van der Waals surface area contributed by atoms with Gasteiger partial charge in [0.25, 0.3) is 0 Å². The molecule has 3 aromatic rings. The highest BCUT2D eigenvalue weighted by molar-refractivity contribution is 7.14. The van der Waals surface area contributed by atoms with E-state index in [0.29, 0.717) is 22.9 Å². The molecule has 3 rings (SSSR count). The van der Waals surface area contributed by atoms with Crippen molar-refractivity contribution in [2.45, 2.75) is 13.0 Å². The Balaban J connectivity index is 1.78. The van der Waals surface area contributed by atoms with Crippen LogP contribution in [0.25, 0.3) is 10.6 Å². The third kappa shape index (κ3) is 5.01. The lowest BCUT2D eigenvalue weighted by atomic mass is 10.0. The van der Waals surface area contributed by atoms with E-state index in [1.54, 1.807) is 25.3 Å². The van der Waals surface area contributed by atoms with Crippen LogP contribution in [0.1, 0.15) is 20.9 Å². The highest BCUT2D eigenvalue weighted by Crippen LogP contribution is 2.25. The number of carbonyl (C=O) groups excluding carboxylic acids is 2. The summed E-state index contributed by atoms with van der Waals surface area (Å²) in [5.74, 6) is -0.626. The van der Waals surface area contributed by atoms with E-state index in [-0.39, 0.29) is 24.0 Å². The number of hydrogen-bond acceptors (Lipinski definition) is 6. The summed E-state index contributed by atoms with van der Waals surface area (Å²) < 4.78 is 5.14. The number of halogens is 1. The van der Waals surface area contributed by atoms with Gasteiger partial charge >= 0.3 is 0 Å². The lowest BCUT2D eigenvalue weighted by molar-refractivity contribution is -0.113. The molecule has 144 valence electrons. The van der Waals surface area contributed by atoms with Crippen LogP contribution in [0.2, 0.25) is 0 Å². The highest BCUT2D eigenvalue weighted by atomic mass is 35.5. The van der Waals surface area contributed by atoms with Gasteiger partial charge in [-0.2, -0.15) is 0 Å². The van der Waals surface area contributed by atoms with Crippen LogP contribution in [0.3, 0.4) is 0 Å². The second-order valence-corrected chi connectivity index (χ2v) is 7.28. The molecular formula is C20H18ClN3O3S. The first-order chi connectivity index (χ1) is 13.6. The summed E-state index contributed by atoms with van der Waals surface area (Å²) in [5, 5.41) is 12.4. The van der Waals surface area contributed by atoms with Crippen LogP contribution < -0.4 is 5.32 Å². The van der Waals surface area contributed by atoms with E-state index < -0.39 is 0 Å². The zero-order chi connectivity index (χ0) is 19.9. The summed E-state index contributed by atoms with van der Waals surface area (Å²) in [7, 11) is 1.56. The van der Waals surface area contributed by atoms with Crippen LogP contribution in [0.15, 0.2) is 48.5 Å². The van der Waals surface area contributed by atoms with Gasteiger partial charge in [-0.15, -0.1) is 21.8 Å². The summed E-state index contributed by atoms with van der Waals surface area (Å²) in [6.45, 7) is 0.309. The summed E-state index contributed by atoms with van der Waals surface area (Å²) in [6.07, 6.45) is 0.136. The molecule has 28 heavy (non-hydrogen) atoms. The summed E-state index contributed by atoms with van der Waals surface area (Å²) >= 11 is 6.96. The Morgan fingerprint density at radius 3 is 2.64 bits per heavy atom. The minimum Gasteiger partial charge on any atom is -0.380 e. The van der Waals surface area contributed by atoms with Gasteiger partial charge < -0.3 is 10.1 Å². The molecule has 0 saturated carbocycles. The number of ketones is 1. The van der Waals surface area contributed by atoms with Gasteiger partial charge in [0.1, 0.15) is 15.9 Å². The molecule has 0 bridgehead atoms. The van der Waals surface area contributed by atoms with Gasteiger partial charge in [-0.05, 0) is 6.07 Å². The Morgan fingerprint density at radius 1 is 1.14 bits per heavy atom. The van der Waals surface area contributed by atoms with E-state index >= 15 is 0 Å². The number of nitrogens with one attached hydrogen (secondary N) is 1. The van der Waals surface area contributed by atoms with Crippen molar-refractivity contribution in [2.75, 3.05) is 18.3 Å². The van der Waals surface area contributed by atoms with Gasteiger partial charge in [-0.3, -0.25) is 9.59 Å². The Labute approximate surface area is 171 Å². The van der Waals surface area contributed by atoms with Gasteiger partial charge in [0, 0.05) is 29.5 Å². The van der Waals surface area contributed by atoms with E-state index in [1.807, 2.05) is 30.3 Å². The maximum absolute atomic E-state index is 12.7. The third-order valence-electron chi connectivity index (χ3n) is 3.93. The van der Waals surface area contributed by atoms with Crippen molar-refractivity contribution >= 4 is 40.3 Å². The Morgan fingerprint density at radius 2 is 1.93 bits per heavy atom. The van der Waals surface area contributed by atoms with Crippen LogP contribution >= 0.6 is 22.9 Å². The summed E-state index contributed by atoms with van der Waals surface area (Å²) in [5.41, 5.74) is 2.72. The lowest BCUT2D eigenvalue weighted by Gasteiger charge is -2.11. The molecule has 0 atom stereocenters. The van der Waals surface area contributed by atoms with Crippen molar-refractivity contribution in [1.82, 2.24) is 10.2 Å². The third-order valence-corrected chi connectivity index (χ3v) is 5.14. The number of nitrogens with zero attached hydrogens (tertiary/aromatic N) is 2. The largest absolute Gasteiger partial charge is 0.380 e. The maximum atomic E-state index is 12.7. The predicted molar refractivity (Wildman–Crippen MR) is 110 cm³/mol. The smallest absolute Gasteiger partial charge is 0.239 e. The van der Waals surface area contributed by atoms with Gasteiger partial charge in [-0.25, -0.2) is 0 Å². The average molecular weight is 416 g/mol. The number of anilines is 1. The minimum atomic E-state index is -0.347. The zero-order valence-electron chi connectivity index (χ0n) is 15.1. The molecule has 0 fully saturated rings. The average Bonchev–Trinajstić information content (AvgIpc) is 3.18. The summed E-state index contributed by atoms with van der Waals surface area (Å²) in [4.78, 5) is 24.4. The monoisotopic (exact) mass is 415 g/mol. The number of Topliss-reactive ketones (excluding diaryl/α,β-unsaturated/α-hetero) is 1. The molecule has 0 aliphatic heterocycles. The molecule has 0 aliphatic carbocycles. The van der Waals surface area contributed by atoms with Crippen molar-refractivity contribution in [1.29, 1.82) is 0 Å². The second kappa shape index (κ2) is 9.54. The number of rotatable bonds is 8. The van der Waals surface area contributed by atoms with Crippen LogP contribution in [0, 0.1) is 0 Å². The van der Waals surface area contributed by atoms with E-state index in [2.05, 4.69) is 15.5 Å². The number of aromatic nitrogens is 2. The molecule has 8 heteroatoms. The SMILES string of the molecule is COCc1ccc(C(=O)Cc2nnc(-c3ccccc3)s2)cc1NC(=O)CCl. The van der Waals surface area contributed by atoms with Crippen LogP contribution in [0.5, 0.6) is 0 Å². The molecule has 0 spiro atoms. The van der Waals surface area contributed by atoms with Crippen molar-refractivity contribution in [2.24, 2.45) is 0 Å². The topological polar surface area (TPSA) is 81.2 Å². The first-order valence-electron chi connectivity index (χ1n) is 8.49. The number of amides is 1. The molecule has 1 amide bonds. The zero-order valence-corrected chi connectivity index (χ0v) is 16.7. The number of carbonyl (C=O) groups is 2. The van der Waals surface area contributed by atoms with Gasteiger partial charge in [-0.1, -0.05) is 53.8 Å². The summed E-state index contributed by atoms with van der Waals surface area (Å²) in [6, 6.07) is 14.8. The van der Waals surface area contributed by atoms with E-state index in [9.17, 15) is 9.59 Å². The van der Waals surface area contributed by atoms with Crippen molar-refractivity contribution < 1.29 is 14.3 Å². The lowest BCUT2D eigenvalue weighted by Crippen LogP contribution is -2.15. The number of ether oxygens (including phenoxy) is 1. The molecule has 6 nitrogen and oxygen atoms in total. The number of hydrogen-bond donors (Lipinski definition) is 1. The van der Waals surface area contributed by atoms with Gasteiger partial charge in [0.2, 0.25) is 5.91 Å². The second-order valence-electron chi connectivity index (χ2n) is 5.95. The fraction of sp³-hybridized carbons (Fsp3) is 0.200. The molecule has 1 aromatic heterocycles. The minimum absolute atomic E-state index is 0.110.